The Kier molecular flexibility index (Phi) is 2.60. The van der Waals surface area contributed by atoms with Crippen molar-refractivity contribution in [1.29, 1.82) is 0 Å². The average molecular weight is 222 g/mol. The molecule has 0 bridgehead atoms. The van der Waals surface area contributed by atoms with Gasteiger partial charge in [-0.05, 0) is 18.6 Å². The summed E-state index contributed by atoms with van der Waals surface area (Å²) in [6.07, 6.45) is 0.496. The van der Waals surface area contributed by atoms with Crippen LogP contribution in [0.2, 0.25) is 0 Å². The molecule has 1 aromatic carbocycles. The van der Waals surface area contributed by atoms with Crippen molar-refractivity contribution in [3.05, 3.63) is 30.1 Å². The lowest BCUT2D eigenvalue weighted by Gasteiger charge is -2.13. The van der Waals surface area contributed by atoms with Crippen molar-refractivity contribution >= 4 is 17.6 Å². The SMILES string of the molecule is CCC1NC(=O)N(c2ccccc2F)C1=O. The van der Waals surface area contributed by atoms with Crippen molar-refractivity contribution in [1.82, 2.24) is 5.32 Å². The third-order valence-corrected chi connectivity index (χ3v) is 2.52. The topological polar surface area (TPSA) is 49.4 Å². The normalized spacial score (nSPS) is 20.1. The highest BCUT2D eigenvalue weighted by molar-refractivity contribution is 6.21. The minimum Gasteiger partial charge on any atom is -0.325 e. The Morgan fingerprint density at radius 1 is 1.38 bits per heavy atom. The van der Waals surface area contributed by atoms with E-state index >= 15 is 0 Å². The zero-order valence-electron chi connectivity index (χ0n) is 8.74. The number of amides is 3. The zero-order chi connectivity index (χ0) is 11.7. The first kappa shape index (κ1) is 10.6. The van der Waals surface area contributed by atoms with Gasteiger partial charge in [0.15, 0.2) is 0 Å². The minimum atomic E-state index is -0.581. The van der Waals surface area contributed by atoms with Gasteiger partial charge in [-0.2, -0.15) is 0 Å². The van der Waals surface area contributed by atoms with E-state index in [0.717, 1.165) is 4.90 Å². The quantitative estimate of drug-likeness (QED) is 0.773. The van der Waals surface area contributed by atoms with Crippen LogP contribution in [-0.2, 0) is 4.79 Å². The van der Waals surface area contributed by atoms with Crippen molar-refractivity contribution in [3.63, 3.8) is 0 Å². The fourth-order valence-electron chi connectivity index (χ4n) is 1.67. The molecular weight excluding hydrogens is 211 g/mol. The molecule has 0 aromatic heterocycles. The Bertz CT molecular complexity index is 447. The molecule has 16 heavy (non-hydrogen) atoms. The Hall–Kier alpha value is -1.91. The van der Waals surface area contributed by atoms with E-state index in [1.54, 1.807) is 13.0 Å². The third-order valence-electron chi connectivity index (χ3n) is 2.52. The maximum absolute atomic E-state index is 13.4. The van der Waals surface area contributed by atoms with Gasteiger partial charge in [0.1, 0.15) is 11.9 Å². The predicted octanol–water partition coefficient (Wildman–Crippen LogP) is 1.66. The van der Waals surface area contributed by atoms with Crippen LogP contribution < -0.4 is 10.2 Å². The number of hydrogen-bond donors (Lipinski definition) is 1. The summed E-state index contributed by atoms with van der Waals surface area (Å²) >= 11 is 0. The van der Waals surface area contributed by atoms with E-state index < -0.39 is 23.8 Å². The number of para-hydroxylation sites is 1. The summed E-state index contributed by atoms with van der Waals surface area (Å²) in [4.78, 5) is 24.2. The van der Waals surface area contributed by atoms with Crippen LogP contribution in [0.1, 0.15) is 13.3 Å². The second kappa shape index (κ2) is 3.92. The second-order valence-electron chi connectivity index (χ2n) is 3.54. The molecule has 0 aliphatic carbocycles. The largest absolute Gasteiger partial charge is 0.329 e. The minimum absolute atomic E-state index is 0.000880. The van der Waals surface area contributed by atoms with E-state index in [9.17, 15) is 14.0 Å². The highest BCUT2D eigenvalue weighted by Crippen LogP contribution is 2.23. The number of nitrogens with zero attached hydrogens (tertiary/aromatic N) is 1. The number of rotatable bonds is 2. The molecule has 1 saturated heterocycles. The van der Waals surface area contributed by atoms with Gasteiger partial charge >= 0.3 is 6.03 Å². The van der Waals surface area contributed by atoms with Crippen molar-refractivity contribution < 1.29 is 14.0 Å². The molecule has 1 fully saturated rings. The summed E-state index contributed by atoms with van der Waals surface area (Å²) in [6, 6.07) is 4.60. The van der Waals surface area contributed by atoms with E-state index in [4.69, 9.17) is 0 Å². The molecule has 4 nitrogen and oxygen atoms in total. The molecule has 5 heteroatoms. The van der Waals surface area contributed by atoms with Crippen LogP contribution in [0.25, 0.3) is 0 Å². The number of halogens is 1. The first-order chi connectivity index (χ1) is 7.65. The Balaban J connectivity index is 2.39. The number of carbonyl (C=O) groups excluding carboxylic acids is 2. The standard InChI is InChI=1S/C11H11FN2O2/c1-2-8-10(15)14(11(16)13-8)9-6-4-3-5-7(9)12/h3-6,8H,2H2,1H3,(H,13,16). The molecule has 1 aromatic rings. The summed E-state index contributed by atoms with van der Waals surface area (Å²) < 4.78 is 13.4. The van der Waals surface area contributed by atoms with Crippen LogP contribution in [0.4, 0.5) is 14.9 Å². The smallest absolute Gasteiger partial charge is 0.325 e. The van der Waals surface area contributed by atoms with Crippen molar-refractivity contribution in [2.24, 2.45) is 0 Å². The molecular formula is C11H11FN2O2. The Morgan fingerprint density at radius 2 is 2.06 bits per heavy atom. The van der Waals surface area contributed by atoms with E-state index in [2.05, 4.69) is 5.32 Å². The number of hydrogen-bond acceptors (Lipinski definition) is 2. The highest BCUT2D eigenvalue weighted by atomic mass is 19.1. The summed E-state index contributed by atoms with van der Waals surface area (Å²) in [7, 11) is 0. The predicted molar refractivity (Wildman–Crippen MR) is 56.5 cm³/mol. The van der Waals surface area contributed by atoms with Crippen molar-refractivity contribution in [2.75, 3.05) is 4.90 Å². The van der Waals surface area contributed by atoms with Crippen LogP contribution in [0.3, 0.4) is 0 Å². The molecule has 1 atom stereocenters. The Labute approximate surface area is 92.0 Å². The maximum atomic E-state index is 13.4. The van der Waals surface area contributed by atoms with Gasteiger partial charge in [-0.15, -0.1) is 0 Å². The molecule has 0 saturated carbocycles. The summed E-state index contributed by atoms with van der Waals surface area (Å²) in [5, 5.41) is 2.50. The van der Waals surface area contributed by atoms with E-state index in [1.807, 2.05) is 0 Å². The van der Waals surface area contributed by atoms with Crippen LogP contribution in [0.15, 0.2) is 24.3 Å². The molecule has 1 N–H and O–H groups in total. The van der Waals surface area contributed by atoms with Crippen LogP contribution in [-0.4, -0.2) is 18.0 Å². The molecule has 84 valence electrons. The maximum Gasteiger partial charge on any atom is 0.329 e. The first-order valence-electron chi connectivity index (χ1n) is 5.04. The second-order valence-corrected chi connectivity index (χ2v) is 3.54. The number of imide groups is 1. The number of carbonyl (C=O) groups is 2. The molecule has 1 unspecified atom stereocenters. The van der Waals surface area contributed by atoms with Gasteiger partial charge in [-0.3, -0.25) is 4.79 Å². The van der Waals surface area contributed by atoms with E-state index in [1.165, 1.54) is 18.2 Å². The highest BCUT2D eigenvalue weighted by Gasteiger charge is 2.38. The lowest BCUT2D eigenvalue weighted by molar-refractivity contribution is -0.118. The number of anilines is 1. The summed E-state index contributed by atoms with van der Waals surface area (Å²) in [5.41, 5.74) is 0.000880. The monoisotopic (exact) mass is 222 g/mol. The van der Waals surface area contributed by atoms with Crippen LogP contribution >= 0.6 is 0 Å². The van der Waals surface area contributed by atoms with Gasteiger partial charge in [-0.1, -0.05) is 19.1 Å². The molecule has 0 radical (unpaired) electrons. The van der Waals surface area contributed by atoms with Gasteiger partial charge < -0.3 is 5.32 Å². The average Bonchev–Trinajstić information content (AvgIpc) is 2.55. The number of nitrogens with one attached hydrogen (secondary N) is 1. The van der Waals surface area contributed by atoms with Gasteiger partial charge in [0, 0.05) is 0 Å². The Morgan fingerprint density at radius 3 is 2.62 bits per heavy atom. The third kappa shape index (κ3) is 1.54. The lowest BCUT2D eigenvalue weighted by Crippen LogP contribution is -2.31. The first-order valence-corrected chi connectivity index (χ1v) is 5.04. The fraction of sp³-hybridized carbons (Fsp3) is 0.273. The fourth-order valence-corrected chi connectivity index (χ4v) is 1.67. The van der Waals surface area contributed by atoms with Crippen LogP contribution in [0, 0.1) is 5.82 Å². The number of benzene rings is 1. The van der Waals surface area contributed by atoms with Crippen molar-refractivity contribution in [3.8, 4) is 0 Å². The van der Waals surface area contributed by atoms with Crippen LogP contribution in [0.5, 0.6) is 0 Å². The molecule has 1 aliphatic heterocycles. The van der Waals surface area contributed by atoms with E-state index in [-0.39, 0.29) is 5.69 Å². The van der Waals surface area contributed by atoms with Gasteiger partial charge in [-0.25, -0.2) is 14.1 Å². The molecule has 1 aliphatic rings. The van der Waals surface area contributed by atoms with Gasteiger partial charge in [0.05, 0.1) is 5.69 Å². The molecule has 0 spiro atoms. The lowest BCUT2D eigenvalue weighted by atomic mass is 10.2. The number of urea groups is 1. The van der Waals surface area contributed by atoms with E-state index in [0.29, 0.717) is 6.42 Å². The van der Waals surface area contributed by atoms with Gasteiger partial charge in [0.2, 0.25) is 0 Å². The molecule has 2 rings (SSSR count). The zero-order valence-corrected chi connectivity index (χ0v) is 8.74. The molecule has 3 amide bonds. The summed E-state index contributed by atoms with van der Waals surface area (Å²) in [6.45, 7) is 1.79. The molecule has 1 heterocycles. The summed E-state index contributed by atoms with van der Waals surface area (Å²) in [5.74, 6) is -0.986. The van der Waals surface area contributed by atoms with Crippen molar-refractivity contribution in [2.45, 2.75) is 19.4 Å². The van der Waals surface area contributed by atoms with Gasteiger partial charge in [0.25, 0.3) is 5.91 Å².